The number of hydrogen-bond acceptors (Lipinski definition) is 2. The number of rotatable bonds is 2. The first-order valence-electron chi connectivity index (χ1n) is 6.13. The molecular formula is C14H11F4NO2. The molecule has 1 atom stereocenters. The van der Waals surface area contributed by atoms with Gasteiger partial charge in [0.05, 0.1) is 5.92 Å². The predicted molar refractivity (Wildman–Crippen MR) is 65.7 cm³/mol. The molecule has 112 valence electrons. The quantitative estimate of drug-likeness (QED) is 0.854. The van der Waals surface area contributed by atoms with Gasteiger partial charge in [-0.3, -0.25) is 9.59 Å². The molecule has 1 amide bonds. The van der Waals surface area contributed by atoms with E-state index in [1.807, 2.05) is 0 Å². The van der Waals surface area contributed by atoms with E-state index < -0.39 is 42.4 Å². The van der Waals surface area contributed by atoms with Crippen LogP contribution in [0.2, 0.25) is 0 Å². The SMILES string of the molecule is O=C1C=C(NC(=O)c2ccc(F)cc2)CC(C(F)(F)F)C1. The molecule has 1 unspecified atom stereocenters. The normalized spacial score (nSPS) is 19.1. The van der Waals surface area contributed by atoms with E-state index in [1.165, 1.54) is 12.1 Å². The number of ketones is 1. The molecule has 1 aromatic carbocycles. The Labute approximate surface area is 117 Å². The highest BCUT2D eigenvalue weighted by Crippen LogP contribution is 2.35. The summed E-state index contributed by atoms with van der Waals surface area (Å²) in [6.45, 7) is 0. The number of allylic oxidation sites excluding steroid dienone is 2. The first-order chi connectivity index (χ1) is 9.75. The first-order valence-corrected chi connectivity index (χ1v) is 6.13. The summed E-state index contributed by atoms with van der Waals surface area (Å²) in [5, 5.41) is 2.27. The third kappa shape index (κ3) is 3.90. The lowest BCUT2D eigenvalue weighted by Gasteiger charge is -2.24. The second-order valence-electron chi connectivity index (χ2n) is 4.74. The van der Waals surface area contributed by atoms with E-state index in [4.69, 9.17) is 0 Å². The first kappa shape index (κ1) is 15.2. The van der Waals surface area contributed by atoms with E-state index in [0.29, 0.717) is 0 Å². The van der Waals surface area contributed by atoms with E-state index in [9.17, 15) is 27.2 Å². The Morgan fingerprint density at radius 1 is 1.14 bits per heavy atom. The van der Waals surface area contributed by atoms with E-state index >= 15 is 0 Å². The minimum absolute atomic E-state index is 0.0806. The fourth-order valence-electron chi connectivity index (χ4n) is 2.03. The van der Waals surface area contributed by atoms with Crippen molar-refractivity contribution >= 4 is 11.7 Å². The van der Waals surface area contributed by atoms with Crippen LogP contribution in [0.3, 0.4) is 0 Å². The average Bonchev–Trinajstić information content (AvgIpc) is 2.37. The van der Waals surface area contributed by atoms with Gasteiger partial charge in [0.1, 0.15) is 5.82 Å². The minimum Gasteiger partial charge on any atom is -0.326 e. The molecule has 1 N–H and O–H groups in total. The number of carbonyl (C=O) groups is 2. The van der Waals surface area contributed by atoms with Gasteiger partial charge in [0.2, 0.25) is 0 Å². The summed E-state index contributed by atoms with van der Waals surface area (Å²) in [5.74, 6) is -3.69. The van der Waals surface area contributed by atoms with Gasteiger partial charge in [0.15, 0.2) is 5.78 Å². The van der Waals surface area contributed by atoms with Crippen molar-refractivity contribution < 1.29 is 27.2 Å². The molecule has 3 nitrogen and oxygen atoms in total. The van der Waals surface area contributed by atoms with Crippen LogP contribution in [-0.4, -0.2) is 17.9 Å². The van der Waals surface area contributed by atoms with Gasteiger partial charge >= 0.3 is 6.18 Å². The fourth-order valence-corrected chi connectivity index (χ4v) is 2.03. The van der Waals surface area contributed by atoms with Gasteiger partial charge in [-0.25, -0.2) is 4.39 Å². The lowest BCUT2D eigenvalue weighted by Crippen LogP contribution is -2.33. The Balaban J connectivity index is 2.10. The van der Waals surface area contributed by atoms with Crippen LogP contribution in [-0.2, 0) is 4.79 Å². The van der Waals surface area contributed by atoms with Crippen molar-refractivity contribution in [2.45, 2.75) is 19.0 Å². The van der Waals surface area contributed by atoms with Crippen molar-refractivity contribution in [2.24, 2.45) is 5.92 Å². The molecule has 0 heterocycles. The van der Waals surface area contributed by atoms with Gasteiger partial charge < -0.3 is 5.32 Å². The van der Waals surface area contributed by atoms with Crippen LogP contribution in [0.15, 0.2) is 36.0 Å². The summed E-state index contributed by atoms with van der Waals surface area (Å²) in [4.78, 5) is 23.1. The molecule has 1 aromatic rings. The molecule has 1 aliphatic rings. The highest BCUT2D eigenvalue weighted by Gasteiger charge is 2.42. The molecule has 0 fully saturated rings. The summed E-state index contributed by atoms with van der Waals surface area (Å²) in [6, 6.07) is 4.54. The topological polar surface area (TPSA) is 46.2 Å². The summed E-state index contributed by atoms with van der Waals surface area (Å²) in [6.07, 6.45) is -4.55. The molecule has 0 saturated heterocycles. The molecule has 0 bridgehead atoms. The number of halogens is 4. The number of nitrogens with one attached hydrogen (secondary N) is 1. The van der Waals surface area contributed by atoms with Gasteiger partial charge in [0, 0.05) is 23.8 Å². The van der Waals surface area contributed by atoms with Crippen LogP contribution in [0, 0.1) is 11.7 Å². The lowest BCUT2D eigenvalue weighted by atomic mass is 9.90. The van der Waals surface area contributed by atoms with E-state index in [0.717, 1.165) is 18.2 Å². The van der Waals surface area contributed by atoms with Gasteiger partial charge in [-0.1, -0.05) is 0 Å². The number of benzene rings is 1. The smallest absolute Gasteiger partial charge is 0.326 e. The predicted octanol–water partition coefficient (Wildman–Crippen LogP) is 2.98. The summed E-state index contributed by atoms with van der Waals surface area (Å²) >= 11 is 0. The largest absolute Gasteiger partial charge is 0.392 e. The Bertz CT molecular complexity index is 590. The highest BCUT2D eigenvalue weighted by molar-refractivity contribution is 5.97. The van der Waals surface area contributed by atoms with Crippen molar-refractivity contribution in [1.29, 1.82) is 0 Å². The maximum absolute atomic E-state index is 12.7. The number of carbonyl (C=O) groups excluding carboxylic acids is 2. The van der Waals surface area contributed by atoms with Crippen LogP contribution in [0.25, 0.3) is 0 Å². The maximum Gasteiger partial charge on any atom is 0.392 e. The summed E-state index contributed by atoms with van der Waals surface area (Å²) in [7, 11) is 0. The lowest BCUT2D eigenvalue weighted by molar-refractivity contribution is -0.178. The van der Waals surface area contributed by atoms with Gasteiger partial charge in [-0.2, -0.15) is 13.2 Å². The molecule has 0 spiro atoms. The zero-order valence-corrected chi connectivity index (χ0v) is 10.7. The van der Waals surface area contributed by atoms with E-state index in [1.54, 1.807) is 0 Å². The molecule has 2 rings (SSSR count). The van der Waals surface area contributed by atoms with Crippen LogP contribution in [0.4, 0.5) is 17.6 Å². The molecule has 0 radical (unpaired) electrons. The van der Waals surface area contributed by atoms with Crippen LogP contribution >= 0.6 is 0 Å². The second kappa shape index (κ2) is 5.67. The summed E-state index contributed by atoms with van der Waals surface area (Å²) < 4.78 is 50.7. The number of alkyl halides is 3. The maximum atomic E-state index is 12.7. The van der Waals surface area contributed by atoms with E-state index in [2.05, 4.69) is 5.32 Å². The average molecular weight is 301 g/mol. The van der Waals surface area contributed by atoms with Crippen molar-refractivity contribution in [1.82, 2.24) is 5.32 Å². The van der Waals surface area contributed by atoms with Crippen LogP contribution in [0.1, 0.15) is 23.2 Å². The standard InChI is InChI=1S/C14H11F4NO2/c15-10-3-1-8(2-4-10)13(21)19-11-5-9(14(16,17)18)6-12(20)7-11/h1-4,7,9H,5-6H2,(H,19,21). The van der Waals surface area contributed by atoms with Gasteiger partial charge in [0.25, 0.3) is 5.91 Å². The molecule has 1 aliphatic carbocycles. The van der Waals surface area contributed by atoms with Gasteiger partial charge in [-0.05, 0) is 30.7 Å². The molecule has 0 saturated carbocycles. The molecule has 21 heavy (non-hydrogen) atoms. The molecule has 0 aliphatic heterocycles. The second-order valence-corrected chi connectivity index (χ2v) is 4.74. The Kier molecular flexibility index (Phi) is 4.11. The zero-order chi connectivity index (χ0) is 15.6. The van der Waals surface area contributed by atoms with Crippen LogP contribution < -0.4 is 5.32 Å². The zero-order valence-electron chi connectivity index (χ0n) is 10.7. The highest BCUT2D eigenvalue weighted by atomic mass is 19.4. The van der Waals surface area contributed by atoms with Crippen molar-refractivity contribution in [3.8, 4) is 0 Å². The third-order valence-electron chi connectivity index (χ3n) is 3.09. The Hall–Kier alpha value is -2.18. The third-order valence-corrected chi connectivity index (χ3v) is 3.09. The van der Waals surface area contributed by atoms with Crippen molar-refractivity contribution in [3.63, 3.8) is 0 Å². The minimum atomic E-state index is -4.49. The molecule has 7 heteroatoms. The summed E-state index contributed by atoms with van der Waals surface area (Å²) in [5.41, 5.74) is 0.0155. The van der Waals surface area contributed by atoms with Gasteiger partial charge in [-0.15, -0.1) is 0 Å². The monoisotopic (exact) mass is 301 g/mol. The molecule has 0 aromatic heterocycles. The Morgan fingerprint density at radius 2 is 1.76 bits per heavy atom. The fraction of sp³-hybridized carbons (Fsp3) is 0.286. The van der Waals surface area contributed by atoms with Crippen LogP contribution in [0.5, 0.6) is 0 Å². The van der Waals surface area contributed by atoms with Crippen molar-refractivity contribution in [2.75, 3.05) is 0 Å². The van der Waals surface area contributed by atoms with E-state index in [-0.39, 0.29) is 11.3 Å². The Morgan fingerprint density at radius 3 is 2.33 bits per heavy atom. The van der Waals surface area contributed by atoms with Crippen molar-refractivity contribution in [3.05, 3.63) is 47.4 Å². The number of hydrogen-bond donors (Lipinski definition) is 1. The number of amides is 1. The molecular weight excluding hydrogens is 290 g/mol.